The highest BCUT2D eigenvalue weighted by Gasteiger charge is 2.06. The van der Waals surface area contributed by atoms with Gasteiger partial charge in [0, 0.05) is 24.7 Å². The molecule has 0 heterocycles. The first kappa shape index (κ1) is 21.8. The molecule has 0 aliphatic carbocycles. The Balaban J connectivity index is 1.73. The largest absolute Gasteiger partial charge is 0.497 e. The Labute approximate surface area is 171 Å². The van der Waals surface area contributed by atoms with E-state index in [1.165, 1.54) is 12.2 Å². The molecular weight excluding hydrogens is 368 g/mol. The van der Waals surface area contributed by atoms with E-state index in [0.717, 1.165) is 22.6 Å². The van der Waals surface area contributed by atoms with Gasteiger partial charge in [-0.05, 0) is 54.5 Å². The Morgan fingerprint density at radius 2 is 1.28 bits per heavy atom. The number of hydrogen-bond acceptors (Lipinski definition) is 4. The van der Waals surface area contributed by atoms with Gasteiger partial charge in [0.15, 0.2) is 0 Å². The van der Waals surface area contributed by atoms with Crippen LogP contribution in [0.1, 0.15) is 18.1 Å². The molecule has 6 heteroatoms. The maximum atomic E-state index is 12.0. The highest BCUT2D eigenvalue weighted by Crippen LogP contribution is 2.13. The van der Waals surface area contributed by atoms with Crippen LogP contribution < -0.4 is 20.1 Å². The minimum atomic E-state index is -0.226. The zero-order valence-electron chi connectivity index (χ0n) is 16.8. The van der Waals surface area contributed by atoms with Crippen LogP contribution in [-0.2, 0) is 9.59 Å². The van der Waals surface area contributed by atoms with Crippen molar-refractivity contribution in [2.24, 2.45) is 0 Å². The minimum absolute atomic E-state index is 0.207. The summed E-state index contributed by atoms with van der Waals surface area (Å²) in [6.07, 6.45) is 6.36. The number of nitrogens with one attached hydrogen (secondary N) is 2. The summed E-state index contributed by atoms with van der Waals surface area (Å²) in [6, 6.07) is 14.6. The third kappa shape index (κ3) is 7.92. The molecular formula is C23H26N2O4. The topological polar surface area (TPSA) is 76.7 Å². The lowest BCUT2D eigenvalue weighted by molar-refractivity contribution is -0.118. The first-order valence-electron chi connectivity index (χ1n) is 9.22. The third-order valence-electron chi connectivity index (χ3n) is 4.06. The molecule has 0 radical (unpaired) electrons. The molecule has 2 aromatic rings. The van der Waals surface area contributed by atoms with Crippen molar-refractivity contribution in [3.8, 4) is 11.5 Å². The van der Waals surface area contributed by atoms with E-state index in [9.17, 15) is 9.59 Å². The van der Waals surface area contributed by atoms with Crippen LogP contribution in [0.4, 0.5) is 0 Å². The van der Waals surface area contributed by atoms with Crippen LogP contribution in [0.3, 0.4) is 0 Å². The number of carbonyl (C=O) groups excluding carboxylic acids is 2. The first-order chi connectivity index (χ1) is 14.0. The van der Waals surface area contributed by atoms with Crippen molar-refractivity contribution in [3.05, 3.63) is 71.8 Å². The summed E-state index contributed by atoms with van der Waals surface area (Å²) >= 11 is 0. The highest BCUT2D eigenvalue weighted by molar-refractivity contribution is 5.93. The highest BCUT2D eigenvalue weighted by atomic mass is 16.5. The van der Waals surface area contributed by atoms with Crippen LogP contribution in [0.25, 0.3) is 12.2 Å². The summed E-state index contributed by atoms with van der Waals surface area (Å²) in [5, 5.41) is 5.58. The normalized spacial score (nSPS) is 12.0. The Morgan fingerprint density at radius 3 is 1.72 bits per heavy atom. The molecule has 2 amide bonds. The molecule has 0 aliphatic heterocycles. The molecule has 0 bridgehead atoms. The van der Waals surface area contributed by atoms with E-state index < -0.39 is 0 Å². The third-order valence-corrected chi connectivity index (χ3v) is 4.06. The van der Waals surface area contributed by atoms with Gasteiger partial charge in [0.1, 0.15) is 11.5 Å². The van der Waals surface area contributed by atoms with Crippen molar-refractivity contribution in [2.75, 3.05) is 20.8 Å². The number of benzene rings is 2. The van der Waals surface area contributed by atoms with Crippen molar-refractivity contribution >= 4 is 24.0 Å². The van der Waals surface area contributed by atoms with Gasteiger partial charge in [0.05, 0.1) is 14.2 Å². The van der Waals surface area contributed by atoms with Gasteiger partial charge in [-0.1, -0.05) is 24.3 Å². The molecule has 1 unspecified atom stereocenters. The number of ether oxygens (including phenoxy) is 2. The Kier molecular flexibility index (Phi) is 8.51. The molecule has 2 N–H and O–H groups in total. The van der Waals surface area contributed by atoms with Crippen LogP contribution in [0.15, 0.2) is 60.7 Å². The summed E-state index contributed by atoms with van der Waals surface area (Å²) in [7, 11) is 3.21. The lowest BCUT2D eigenvalue weighted by atomic mass is 10.2. The van der Waals surface area contributed by atoms with E-state index in [-0.39, 0.29) is 17.9 Å². The van der Waals surface area contributed by atoms with Crippen molar-refractivity contribution in [1.82, 2.24) is 10.6 Å². The number of amides is 2. The Hall–Kier alpha value is -3.54. The van der Waals surface area contributed by atoms with Gasteiger partial charge in [0.2, 0.25) is 11.8 Å². The maximum absolute atomic E-state index is 12.0. The number of hydrogen-bond donors (Lipinski definition) is 2. The summed E-state index contributed by atoms with van der Waals surface area (Å²) in [6.45, 7) is 2.15. The molecule has 1 atom stereocenters. The molecule has 2 aromatic carbocycles. The smallest absolute Gasteiger partial charge is 0.244 e. The number of methoxy groups -OCH3 is 2. The number of rotatable bonds is 9. The number of carbonyl (C=O) groups is 2. The Bertz CT molecular complexity index is 855. The molecule has 152 valence electrons. The van der Waals surface area contributed by atoms with Crippen LogP contribution in [-0.4, -0.2) is 38.6 Å². The van der Waals surface area contributed by atoms with Gasteiger partial charge in [-0.3, -0.25) is 9.59 Å². The van der Waals surface area contributed by atoms with E-state index in [1.54, 1.807) is 26.4 Å². The van der Waals surface area contributed by atoms with E-state index >= 15 is 0 Å². The van der Waals surface area contributed by atoms with Gasteiger partial charge < -0.3 is 20.1 Å². The van der Waals surface area contributed by atoms with Gasteiger partial charge in [-0.2, -0.15) is 0 Å². The quantitative estimate of drug-likeness (QED) is 0.641. The fourth-order valence-electron chi connectivity index (χ4n) is 2.43. The second kappa shape index (κ2) is 11.3. The standard InChI is InChI=1S/C23H26N2O4/c1-17(25-23(27)15-9-19-6-12-21(29-3)13-7-19)16-24-22(26)14-8-18-4-10-20(28-2)11-5-18/h4-15,17H,16H2,1-3H3,(H,24,26)(H,25,27)/b14-8+,15-9+. The van der Waals surface area contributed by atoms with Crippen molar-refractivity contribution in [2.45, 2.75) is 13.0 Å². The van der Waals surface area contributed by atoms with Crippen molar-refractivity contribution in [3.63, 3.8) is 0 Å². The summed E-state index contributed by atoms with van der Waals surface area (Å²) < 4.78 is 10.2. The average molecular weight is 394 g/mol. The summed E-state index contributed by atoms with van der Waals surface area (Å²) in [4.78, 5) is 23.9. The second-order valence-electron chi connectivity index (χ2n) is 6.37. The zero-order chi connectivity index (χ0) is 21.1. The first-order valence-corrected chi connectivity index (χ1v) is 9.22. The summed E-state index contributed by atoms with van der Waals surface area (Å²) in [5.41, 5.74) is 1.79. The molecule has 0 aliphatic rings. The molecule has 0 fully saturated rings. The lowest BCUT2D eigenvalue weighted by Crippen LogP contribution is -2.40. The lowest BCUT2D eigenvalue weighted by Gasteiger charge is -2.12. The van der Waals surface area contributed by atoms with Gasteiger partial charge in [-0.15, -0.1) is 0 Å². The SMILES string of the molecule is COc1ccc(/C=C/C(=O)NCC(C)NC(=O)/C=C/c2ccc(OC)cc2)cc1. The van der Waals surface area contributed by atoms with E-state index in [1.807, 2.05) is 55.5 Å². The van der Waals surface area contributed by atoms with E-state index in [4.69, 9.17) is 9.47 Å². The molecule has 29 heavy (non-hydrogen) atoms. The van der Waals surface area contributed by atoms with Crippen LogP contribution >= 0.6 is 0 Å². The van der Waals surface area contributed by atoms with E-state index in [0.29, 0.717) is 6.54 Å². The van der Waals surface area contributed by atoms with Crippen molar-refractivity contribution < 1.29 is 19.1 Å². The van der Waals surface area contributed by atoms with Gasteiger partial charge >= 0.3 is 0 Å². The molecule has 6 nitrogen and oxygen atoms in total. The zero-order valence-corrected chi connectivity index (χ0v) is 16.8. The molecule has 0 saturated carbocycles. The van der Waals surface area contributed by atoms with E-state index in [2.05, 4.69) is 10.6 Å². The fraction of sp³-hybridized carbons (Fsp3) is 0.217. The van der Waals surface area contributed by atoms with Crippen molar-refractivity contribution in [1.29, 1.82) is 0 Å². The maximum Gasteiger partial charge on any atom is 0.244 e. The Morgan fingerprint density at radius 1 is 0.828 bits per heavy atom. The van der Waals surface area contributed by atoms with Crippen LogP contribution in [0.2, 0.25) is 0 Å². The van der Waals surface area contributed by atoms with Gasteiger partial charge in [0.25, 0.3) is 0 Å². The predicted molar refractivity (Wildman–Crippen MR) is 115 cm³/mol. The van der Waals surface area contributed by atoms with Crippen LogP contribution in [0, 0.1) is 0 Å². The fourth-order valence-corrected chi connectivity index (χ4v) is 2.43. The molecule has 2 rings (SSSR count). The summed E-state index contributed by atoms with van der Waals surface area (Å²) in [5.74, 6) is 1.07. The average Bonchev–Trinajstić information content (AvgIpc) is 2.75. The molecule has 0 saturated heterocycles. The minimum Gasteiger partial charge on any atom is -0.497 e. The monoisotopic (exact) mass is 394 g/mol. The second-order valence-corrected chi connectivity index (χ2v) is 6.37. The van der Waals surface area contributed by atoms with Crippen LogP contribution in [0.5, 0.6) is 11.5 Å². The molecule has 0 spiro atoms. The predicted octanol–water partition coefficient (Wildman–Crippen LogP) is 3.05. The molecule has 0 aromatic heterocycles. The van der Waals surface area contributed by atoms with Gasteiger partial charge in [-0.25, -0.2) is 0 Å².